The lowest BCUT2D eigenvalue weighted by Crippen LogP contribution is -2.20. The van der Waals surface area contributed by atoms with Gasteiger partial charge in [-0.05, 0) is 12.8 Å². The minimum Gasteiger partial charge on any atom is -0.391 e. The second-order valence-electron chi connectivity index (χ2n) is 3.87. The highest BCUT2D eigenvalue weighted by molar-refractivity contribution is 5.56. The Balaban J connectivity index is 2.56. The van der Waals surface area contributed by atoms with Crippen LogP contribution in [0.25, 0.3) is 0 Å². The van der Waals surface area contributed by atoms with Crippen LogP contribution in [0.1, 0.15) is 18.9 Å². The number of rotatable bonds is 8. The van der Waals surface area contributed by atoms with Crippen molar-refractivity contribution in [2.24, 2.45) is 5.84 Å². The molecule has 1 aromatic rings. The molecule has 0 bridgehead atoms. The van der Waals surface area contributed by atoms with Crippen molar-refractivity contribution in [1.29, 1.82) is 0 Å². The minimum atomic E-state index is -0.471. The van der Waals surface area contributed by atoms with E-state index in [4.69, 9.17) is 10.6 Å². The van der Waals surface area contributed by atoms with E-state index in [1.807, 2.05) is 6.92 Å². The van der Waals surface area contributed by atoms with Crippen LogP contribution in [0.15, 0.2) is 6.33 Å². The molecule has 0 saturated carbocycles. The topological polar surface area (TPSA) is 105 Å². The van der Waals surface area contributed by atoms with Crippen LogP contribution >= 0.6 is 0 Å². The first kappa shape index (κ1) is 14.6. The molecule has 0 spiro atoms. The number of nitrogens with one attached hydrogen (secondary N) is 2. The number of aromatic nitrogens is 2. The Morgan fingerprint density at radius 1 is 1.44 bits per heavy atom. The van der Waals surface area contributed by atoms with Crippen molar-refractivity contribution in [2.75, 3.05) is 31.0 Å². The average Bonchev–Trinajstić information content (AvgIpc) is 2.38. The molecule has 0 saturated heterocycles. The Labute approximate surface area is 107 Å². The summed E-state index contributed by atoms with van der Waals surface area (Å²) in [6, 6.07) is 0. The standard InChI is InChI=1S/C11H21N5O2/c1-3-9-10(14-7-15-11(9)16-12)13-5-4-8(17)6-18-2/h7-8,17H,3-6,12H2,1-2H3,(H2,13,14,15,16). The predicted molar refractivity (Wildman–Crippen MR) is 70.2 cm³/mol. The van der Waals surface area contributed by atoms with Crippen LogP contribution in [-0.2, 0) is 11.2 Å². The van der Waals surface area contributed by atoms with Crippen molar-refractivity contribution in [1.82, 2.24) is 9.97 Å². The van der Waals surface area contributed by atoms with Crippen molar-refractivity contribution in [3.05, 3.63) is 11.9 Å². The molecule has 0 radical (unpaired) electrons. The summed E-state index contributed by atoms with van der Waals surface area (Å²) in [5, 5.41) is 12.7. The molecule has 7 nitrogen and oxygen atoms in total. The van der Waals surface area contributed by atoms with E-state index < -0.39 is 6.10 Å². The number of nitrogen functional groups attached to an aromatic ring is 1. The molecule has 0 fully saturated rings. The molecular formula is C11H21N5O2. The first-order valence-corrected chi connectivity index (χ1v) is 5.94. The number of ether oxygens (including phenoxy) is 1. The number of aliphatic hydroxyl groups is 1. The molecule has 102 valence electrons. The zero-order valence-corrected chi connectivity index (χ0v) is 10.8. The predicted octanol–water partition coefficient (Wildman–Crippen LogP) is 0.134. The first-order valence-electron chi connectivity index (χ1n) is 5.94. The van der Waals surface area contributed by atoms with Gasteiger partial charge in [-0.25, -0.2) is 15.8 Å². The maximum Gasteiger partial charge on any atom is 0.148 e. The Kier molecular flexibility index (Phi) is 6.34. The smallest absolute Gasteiger partial charge is 0.148 e. The number of anilines is 2. The highest BCUT2D eigenvalue weighted by Crippen LogP contribution is 2.19. The van der Waals surface area contributed by atoms with E-state index in [-0.39, 0.29) is 0 Å². The number of hydrogen-bond donors (Lipinski definition) is 4. The first-order chi connectivity index (χ1) is 8.72. The van der Waals surface area contributed by atoms with E-state index in [1.165, 1.54) is 6.33 Å². The van der Waals surface area contributed by atoms with E-state index in [0.717, 1.165) is 17.8 Å². The summed E-state index contributed by atoms with van der Waals surface area (Å²) in [6.07, 6.45) is 2.33. The highest BCUT2D eigenvalue weighted by Gasteiger charge is 2.09. The van der Waals surface area contributed by atoms with Crippen molar-refractivity contribution in [3.8, 4) is 0 Å². The number of methoxy groups -OCH3 is 1. The Morgan fingerprint density at radius 3 is 2.78 bits per heavy atom. The number of hydrazine groups is 1. The fourth-order valence-electron chi connectivity index (χ4n) is 1.66. The maximum absolute atomic E-state index is 9.52. The number of hydrogen-bond acceptors (Lipinski definition) is 7. The normalized spacial score (nSPS) is 12.2. The Morgan fingerprint density at radius 2 is 2.17 bits per heavy atom. The molecule has 18 heavy (non-hydrogen) atoms. The van der Waals surface area contributed by atoms with Gasteiger partial charge in [-0.15, -0.1) is 0 Å². The summed E-state index contributed by atoms with van der Waals surface area (Å²) in [4.78, 5) is 8.21. The molecule has 1 unspecified atom stereocenters. The monoisotopic (exact) mass is 255 g/mol. The zero-order valence-electron chi connectivity index (χ0n) is 10.8. The third kappa shape index (κ3) is 4.10. The summed E-state index contributed by atoms with van der Waals surface area (Å²) >= 11 is 0. The number of aliphatic hydroxyl groups excluding tert-OH is 1. The van der Waals surface area contributed by atoms with Crippen LogP contribution in [0.5, 0.6) is 0 Å². The van der Waals surface area contributed by atoms with E-state index in [0.29, 0.717) is 25.4 Å². The fourth-order valence-corrected chi connectivity index (χ4v) is 1.66. The molecule has 5 N–H and O–H groups in total. The molecule has 1 atom stereocenters. The molecule has 0 aliphatic rings. The minimum absolute atomic E-state index is 0.335. The van der Waals surface area contributed by atoms with Crippen LogP contribution in [0.4, 0.5) is 11.6 Å². The van der Waals surface area contributed by atoms with E-state index in [2.05, 4.69) is 20.7 Å². The van der Waals surface area contributed by atoms with Crippen LogP contribution in [0.3, 0.4) is 0 Å². The van der Waals surface area contributed by atoms with Gasteiger partial charge in [0.2, 0.25) is 0 Å². The Bertz CT molecular complexity index is 361. The summed E-state index contributed by atoms with van der Waals surface area (Å²) in [5.41, 5.74) is 3.48. The van der Waals surface area contributed by atoms with Gasteiger partial charge in [0.15, 0.2) is 0 Å². The largest absolute Gasteiger partial charge is 0.391 e. The molecule has 1 rings (SSSR count). The quantitative estimate of drug-likeness (QED) is 0.386. The molecule has 1 heterocycles. The molecule has 0 aliphatic heterocycles. The highest BCUT2D eigenvalue weighted by atomic mass is 16.5. The van der Waals surface area contributed by atoms with E-state index in [9.17, 15) is 5.11 Å². The van der Waals surface area contributed by atoms with Gasteiger partial charge >= 0.3 is 0 Å². The molecule has 0 aliphatic carbocycles. The van der Waals surface area contributed by atoms with Crippen LogP contribution < -0.4 is 16.6 Å². The van der Waals surface area contributed by atoms with Crippen LogP contribution in [-0.4, -0.2) is 41.4 Å². The molecular weight excluding hydrogens is 234 g/mol. The fraction of sp³-hybridized carbons (Fsp3) is 0.636. The molecule has 7 heteroatoms. The van der Waals surface area contributed by atoms with Gasteiger partial charge in [-0.1, -0.05) is 6.92 Å². The third-order valence-electron chi connectivity index (χ3n) is 2.56. The van der Waals surface area contributed by atoms with Gasteiger partial charge in [0.1, 0.15) is 18.0 Å². The number of nitrogens with zero attached hydrogens (tertiary/aromatic N) is 2. The van der Waals surface area contributed by atoms with E-state index in [1.54, 1.807) is 7.11 Å². The average molecular weight is 255 g/mol. The van der Waals surface area contributed by atoms with Gasteiger partial charge in [-0.3, -0.25) is 0 Å². The summed E-state index contributed by atoms with van der Waals surface area (Å²) in [5.74, 6) is 6.75. The second-order valence-corrected chi connectivity index (χ2v) is 3.87. The lowest BCUT2D eigenvalue weighted by molar-refractivity contribution is 0.0615. The lowest BCUT2D eigenvalue weighted by atomic mass is 10.2. The summed E-state index contributed by atoms with van der Waals surface area (Å²) < 4.78 is 4.86. The van der Waals surface area contributed by atoms with E-state index >= 15 is 0 Å². The van der Waals surface area contributed by atoms with Crippen molar-refractivity contribution in [2.45, 2.75) is 25.9 Å². The molecule has 0 amide bonds. The number of nitrogens with two attached hydrogens (primary N) is 1. The second kappa shape index (κ2) is 7.80. The van der Waals surface area contributed by atoms with Crippen LogP contribution in [0, 0.1) is 0 Å². The van der Waals surface area contributed by atoms with Gasteiger partial charge in [0, 0.05) is 19.2 Å². The Hall–Kier alpha value is -1.44. The summed E-state index contributed by atoms with van der Waals surface area (Å²) in [7, 11) is 1.56. The van der Waals surface area contributed by atoms with Gasteiger partial charge in [0.05, 0.1) is 12.7 Å². The summed E-state index contributed by atoms with van der Waals surface area (Å²) in [6.45, 7) is 2.95. The SMILES string of the molecule is CCc1c(NN)ncnc1NCCC(O)COC. The maximum atomic E-state index is 9.52. The van der Waals surface area contributed by atoms with Crippen molar-refractivity contribution >= 4 is 11.6 Å². The van der Waals surface area contributed by atoms with Gasteiger partial charge in [-0.2, -0.15) is 0 Å². The lowest BCUT2D eigenvalue weighted by Gasteiger charge is -2.14. The zero-order chi connectivity index (χ0) is 13.4. The third-order valence-corrected chi connectivity index (χ3v) is 2.56. The van der Waals surface area contributed by atoms with Gasteiger partial charge in [0.25, 0.3) is 0 Å². The molecule has 0 aromatic carbocycles. The van der Waals surface area contributed by atoms with Crippen molar-refractivity contribution in [3.63, 3.8) is 0 Å². The van der Waals surface area contributed by atoms with Crippen molar-refractivity contribution < 1.29 is 9.84 Å². The van der Waals surface area contributed by atoms with Crippen LogP contribution in [0.2, 0.25) is 0 Å². The van der Waals surface area contributed by atoms with Gasteiger partial charge < -0.3 is 20.6 Å². The molecule has 1 aromatic heterocycles.